The van der Waals surface area contributed by atoms with E-state index in [1.807, 2.05) is 11.3 Å². The van der Waals surface area contributed by atoms with Gasteiger partial charge in [-0.05, 0) is 42.2 Å². The molecule has 0 radical (unpaired) electrons. The predicted octanol–water partition coefficient (Wildman–Crippen LogP) is 1.26. The zero-order valence-corrected chi connectivity index (χ0v) is 14.0. The average Bonchev–Trinajstić information content (AvgIpc) is 3.23. The molecule has 1 aliphatic heterocycles. The SMILES string of the molecule is CNC(=O)CN(C)C(=O)CN1CCc2sccc2[C@@H]1C1CC1. The third-order valence-corrected chi connectivity index (χ3v) is 5.61. The lowest BCUT2D eigenvalue weighted by molar-refractivity contribution is -0.136. The highest BCUT2D eigenvalue weighted by molar-refractivity contribution is 7.10. The topological polar surface area (TPSA) is 52.7 Å². The molecule has 1 fully saturated rings. The molecule has 3 rings (SSSR count). The lowest BCUT2D eigenvalue weighted by Crippen LogP contribution is -2.45. The van der Waals surface area contributed by atoms with Crippen LogP contribution in [-0.4, -0.2) is 55.3 Å². The molecule has 0 unspecified atom stereocenters. The van der Waals surface area contributed by atoms with Crippen molar-refractivity contribution in [1.29, 1.82) is 0 Å². The Morgan fingerprint density at radius 3 is 2.91 bits per heavy atom. The van der Waals surface area contributed by atoms with Gasteiger partial charge in [0.25, 0.3) is 0 Å². The Hall–Kier alpha value is -1.40. The second kappa shape index (κ2) is 6.38. The van der Waals surface area contributed by atoms with Crippen molar-refractivity contribution < 1.29 is 9.59 Å². The molecule has 0 aromatic carbocycles. The monoisotopic (exact) mass is 321 g/mol. The first-order valence-corrected chi connectivity index (χ1v) is 8.73. The average molecular weight is 321 g/mol. The minimum absolute atomic E-state index is 0.0212. The Balaban J connectivity index is 1.67. The molecule has 1 saturated carbocycles. The van der Waals surface area contributed by atoms with Gasteiger partial charge >= 0.3 is 0 Å². The van der Waals surface area contributed by atoms with Crippen LogP contribution < -0.4 is 5.32 Å². The summed E-state index contributed by atoms with van der Waals surface area (Å²) in [7, 11) is 3.29. The Kier molecular flexibility index (Phi) is 4.49. The standard InChI is InChI=1S/C16H23N3O2S/c1-17-14(20)9-18(2)15(21)10-19-7-5-13-12(6-8-22-13)16(19)11-3-4-11/h6,8,11,16H,3-5,7,9-10H2,1-2H3,(H,17,20)/t16-/m0/s1. The summed E-state index contributed by atoms with van der Waals surface area (Å²) in [5, 5.41) is 4.73. The van der Waals surface area contributed by atoms with Gasteiger partial charge in [-0.3, -0.25) is 14.5 Å². The fourth-order valence-corrected chi connectivity index (χ4v) is 4.13. The van der Waals surface area contributed by atoms with E-state index in [4.69, 9.17) is 0 Å². The number of fused-ring (bicyclic) bond motifs is 1. The van der Waals surface area contributed by atoms with E-state index in [1.165, 1.54) is 28.2 Å². The van der Waals surface area contributed by atoms with Gasteiger partial charge < -0.3 is 10.2 Å². The normalized spacial score (nSPS) is 21.3. The van der Waals surface area contributed by atoms with Gasteiger partial charge in [0, 0.05) is 31.6 Å². The lowest BCUT2D eigenvalue weighted by atomic mass is 9.96. The molecule has 1 aliphatic carbocycles. The van der Waals surface area contributed by atoms with Crippen molar-refractivity contribution >= 4 is 23.2 Å². The number of amides is 2. The van der Waals surface area contributed by atoms with Gasteiger partial charge in [0.2, 0.25) is 11.8 Å². The lowest BCUT2D eigenvalue weighted by Gasteiger charge is -2.36. The molecule has 22 heavy (non-hydrogen) atoms. The number of nitrogens with one attached hydrogen (secondary N) is 1. The van der Waals surface area contributed by atoms with Gasteiger partial charge in [-0.15, -0.1) is 11.3 Å². The molecule has 1 aromatic rings. The van der Waals surface area contributed by atoms with E-state index >= 15 is 0 Å². The third-order valence-electron chi connectivity index (χ3n) is 4.61. The molecule has 0 bridgehead atoms. The van der Waals surface area contributed by atoms with Crippen LogP contribution in [0.1, 0.15) is 29.3 Å². The molecule has 1 atom stereocenters. The minimum atomic E-state index is -0.131. The van der Waals surface area contributed by atoms with Crippen molar-refractivity contribution in [2.75, 3.05) is 33.7 Å². The van der Waals surface area contributed by atoms with Crippen molar-refractivity contribution in [3.05, 3.63) is 21.9 Å². The van der Waals surface area contributed by atoms with Crippen molar-refractivity contribution in [2.45, 2.75) is 25.3 Å². The van der Waals surface area contributed by atoms with Crippen LogP contribution in [0.25, 0.3) is 0 Å². The molecule has 120 valence electrons. The van der Waals surface area contributed by atoms with Crippen LogP contribution in [0, 0.1) is 5.92 Å². The summed E-state index contributed by atoms with van der Waals surface area (Å²) in [6, 6.07) is 2.63. The number of hydrogen-bond acceptors (Lipinski definition) is 4. The predicted molar refractivity (Wildman–Crippen MR) is 86.8 cm³/mol. The molecule has 1 N–H and O–H groups in total. The van der Waals surface area contributed by atoms with E-state index in [2.05, 4.69) is 21.7 Å². The number of carbonyl (C=O) groups excluding carboxylic acids is 2. The van der Waals surface area contributed by atoms with Crippen LogP contribution >= 0.6 is 11.3 Å². The smallest absolute Gasteiger partial charge is 0.239 e. The highest BCUT2D eigenvalue weighted by atomic mass is 32.1. The fourth-order valence-electron chi connectivity index (χ4n) is 3.22. The third kappa shape index (κ3) is 3.17. The number of thiophene rings is 1. The van der Waals surface area contributed by atoms with Crippen LogP contribution in [0.3, 0.4) is 0 Å². The van der Waals surface area contributed by atoms with Crippen LogP contribution in [0.2, 0.25) is 0 Å². The van der Waals surface area contributed by atoms with Crippen LogP contribution in [-0.2, 0) is 16.0 Å². The molecular formula is C16H23N3O2S. The van der Waals surface area contributed by atoms with Crippen LogP contribution in [0.15, 0.2) is 11.4 Å². The van der Waals surface area contributed by atoms with E-state index in [-0.39, 0.29) is 18.4 Å². The van der Waals surface area contributed by atoms with Crippen molar-refractivity contribution in [1.82, 2.24) is 15.1 Å². The van der Waals surface area contributed by atoms with Crippen LogP contribution in [0.5, 0.6) is 0 Å². The van der Waals surface area contributed by atoms with Gasteiger partial charge in [-0.2, -0.15) is 0 Å². The molecule has 2 heterocycles. The minimum Gasteiger partial charge on any atom is -0.358 e. The number of hydrogen-bond donors (Lipinski definition) is 1. The first-order chi connectivity index (χ1) is 10.6. The summed E-state index contributed by atoms with van der Waals surface area (Å²) in [4.78, 5) is 29.1. The molecular weight excluding hydrogens is 298 g/mol. The summed E-state index contributed by atoms with van der Waals surface area (Å²) in [6.07, 6.45) is 3.56. The van der Waals surface area contributed by atoms with Gasteiger partial charge in [0.15, 0.2) is 0 Å². The molecule has 0 saturated heterocycles. The second-order valence-electron chi connectivity index (χ2n) is 6.22. The van der Waals surface area contributed by atoms with Crippen molar-refractivity contribution in [3.8, 4) is 0 Å². The van der Waals surface area contributed by atoms with Gasteiger partial charge in [-0.25, -0.2) is 0 Å². The molecule has 5 nitrogen and oxygen atoms in total. The molecule has 2 amide bonds. The summed E-state index contributed by atoms with van der Waals surface area (Å²) >= 11 is 1.84. The fraction of sp³-hybridized carbons (Fsp3) is 0.625. The van der Waals surface area contributed by atoms with E-state index in [1.54, 1.807) is 14.1 Å². The van der Waals surface area contributed by atoms with E-state index in [9.17, 15) is 9.59 Å². The van der Waals surface area contributed by atoms with Crippen molar-refractivity contribution in [2.24, 2.45) is 5.92 Å². The van der Waals surface area contributed by atoms with Crippen molar-refractivity contribution in [3.63, 3.8) is 0 Å². The highest BCUT2D eigenvalue weighted by Gasteiger charge is 2.40. The maximum absolute atomic E-state index is 12.4. The molecule has 0 spiro atoms. The maximum atomic E-state index is 12.4. The van der Waals surface area contributed by atoms with E-state index in [0.717, 1.165) is 13.0 Å². The van der Waals surface area contributed by atoms with Crippen LogP contribution in [0.4, 0.5) is 0 Å². The molecule has 2 aliphatic rings. The Morgan fingerprint density at radius 1 is 1.45 bits per heavy atom. The molecule has 6 heteroatoms. The summed E-state index contributed by atoms with van der Waals surface area (Å²) in [5.41, 5.74) is 1.43. The van der Waals surface area contributed by atoms with Gasteiger partial charge in [0.05, 0.1) is 13.1 Å². The first kappa shape index (κ1) is 15.5. The van der Waals surface area contributed by atoms with E-state index < -0.39 is 0 Å². The number of nitrogens with zero attached hydrogens (tertiary/aromatic N) is 2. The van der Waals surface area contributed by atoms with E-state index in [0.29, 0.717) is 18.5 Å². The maximum Gasteiger partial charge on any atom is 0.239 e. The zero-order chi connectivity index (χ0) is 15.7. The number of likely N-dealkylation sites (N-methyl/N-ethyl adjacent to an activating group) is 2. The summed E-state index contributed by atoms with van der Waals surface area (Å²) < 4.78 is 0. The molecule has 1 aromatic heterocycles. The largest absolute Gasteiger partial charge is 0.358 e. The Bertz CT molecular complexity index is 567. The second-order valence-corrected chi connectivity index (χ2v) is 7.23. The highest BCUT2D eigenvalue weighted by Crippen LogP contribution is 2.48. The number of carbonyl (C=O) groups is 2. The Labute approximate surface area is 135 Å². The zero-order valence-electron chi connectivity index (χ0n) is 13.2. The first-order valence-electron chi connectivity index (χ1n) is 7.85. The summed E-state index contributed by atoms with van der Waals surface area (Å²) in [6.45, 7) is 1.47. The quantitative estimate of drug-likeness (QED) is 0.888. The van der Waals surface area contributed by atoms with Gasteiger partial charge in [0.1, 0.15) is 0 Å². The Morgan fingerprint density at radius 2 is 2.23 bits per heavy atom. The number of rotatable bonds is 5. The summed E-state index contributed by atoms with van der Waals surface area (Å²) in [5.74, 6) is 0.590. The van der Waals surface area contributed by atoms with Gasteiger partial charge in [-0.1, -0.05) is 0 Å².